The van der Waals surface area contributed by atoms with Crippen molar-refractivity contribution < 1.29 is 26.4 Å². The van der Waals surface area contributed by atoms with Crippen molar-refractivity contribution in [2.75, 3.05) is 17.6 Å². The Morgan fingerprint density at radius 2 is 1.83 bits per heavy atom. The Morgan fingerprint density at radius 3 is 2.47 bits per heavy atom. The van der Waals surface area contributed by atoms with Crippen molar-refractivity contribution in [3.05, 3.63) is 52.5 Å². The molecule has 0 amide bonds. The number of thiophene rings is 1. The molecule has 30 heavy (non-hydrogen) atoms. The molecule has 0 aliphatic rings. The van der Waals surface area contributed by atoms with Gasteiger partial charge in [-0.05, 0) is 54.3 Å². The zero-order valence-electron chi connectivity index (χ0n) is 16.2. The average Bonchev–Trinajstić information content (AvgIpc) is 3.04. The van der Waals surface area contributed by atoms with E-state index >= 15 is 0 Å². The second-order valence-corrected chi connectivity index (χ2v) is 12.0. The van der Waals surface area contributed by atoms with Crippen molar-refractivity contribution in [1.82, 2.24) is 0 Å². The summed E-state index contributed by atoms with van der Waals surface area (Å²) in [6.07, 6.45) is 0. The largest absolute Gasteiger partial charge is 0.465 e. The van der Waals surface area contributed by atoms with Crippen molar-refractivity contribution >= 4 is 64.5 Å². The molecular weight excluding hydrogens is 470 g/mol. The molecule has 7 nitrogen and oxygen atoms in total. The van der Waals surface area contributed by atoms with Crippen LogP contribution in [0.1, 0.15) is 22.8 Å². The lowest BCUT2D eigenvalue weighted by Gasteiger charge is -2.13. The molecule has 0 aliphatic heterocycles. The van der Waals surface area contributed by atoms with Crippen LogP contribution in [0.3, 0.4) is 0 Å². The molecule has 1 N–H and O–H groups in total. The van der Waals surface area contributed by atoms with Gasteiger partial charge in [0.05, 0.1) is 29.0 Å². The van der Waals surface area contributed by atoms with Gasteiger partial charge < -0.3 is 4.74 Å². The van der Waals surface area contributed by atoms with E-state index in [9.17, 15) is 21.6 Å². The zero-order chi connectivity index (χ0) is 22.3. The van der Waals surface area contributed by atoms with Crippen molar-refractivity contribution in [3.8, 4) is 0 Å². The number of carbonyl (C=O) groups is 1. The molecule has 160 valence electrons. The smallest absolute Gasteiger partial charge is 0.337 e. The van der Waals surface area contributed by atoms with E-state index in [4.69, 9.17) is 11.6 Å². The van der Waals surface area contributed by atoms with E-state index in [0.717, 1.165) is 22.1 Å². The predicted octanol–water partition coefficient (Wildman–Crippen LogP) is 4.24. The summed E-state index contributed by atoms with van der Waals surface area (Å²) in [5, 5.41) is 1.19. The van der Waals surface area contributed by atoms with E-state index in [1.54, 1.807) is 25.1 Å². The molecule has 0 unspecified atom stereocenters. The molecule has 0 bridgehead atoms. The first-order valence-corrected chi connectivity index (χ1v) is 13.0. The third-order valence-electron chi connectivity index (χ3n) is 4.46. The van der Waals surface area contributed by atoms with Crippen LogP contribution in [0, 0.1) is 6.92 Å². The van der Waals surface area contributed by atoms with Crippen molar-refractivity contribution in [1.29, 1.82) is 0 Å². The van der Waals surface area contributed by atoms with Crippen LogP contribution in [0.15, 0.2) is 45.5 Å². The van der Waals surface area contributed by atoms with Gasteiger partial charge in [0.25, 0.3) is 10.0 Å². The first-order chi connectivity index (χ1) is 14.0. The van der Waals surface area contributed by atoms with E-state index in [1.807, 2.05) is 0 Å². The minimum Gasteiger partial charge on any atom is -0.465 e. The number of methoxy groups -OCH3 is 1. The normalized spacial score (nSPS) is 12.1. The second-order valence-electron chi connectivity index (χ2n) is 6.37. The molecule has 0 atom stereocenters. The van der Waals surface area contributed by atoms with Crippen LogP contribution in [0.25, 0.3) is 10.1 Å². The highest BCUT2D eigenvalue weighted by Gasteiger charge is 2.26. The fraction of sp³-hybridized carbons (Fsp3) is 0.211. The molecule has 0 radical (unpaired) electrons. The number of esters is 1. The molecule has 2 aromatic carbocycles. The molecule has 1 aromatic heterocycles. The number of carbonyl (C=O) groups excluding carboxylic acids is 1. The third kappa shape index (κ3) is 4.18. The summed E-state index contributed by atoms with van der Waals surface area (Å²) < 4.78 is 59.1. The summed E-state index contributed by atoms with van der Waals surface area (Å²) in [6, 6.07) is 8.73. The van der Waals surface area contributed by atoms with Gasteiger partial charge in [-0.25, -0.2) is 21.6 Å². The number of hydrogen-bond acceptors (Lipinski definition) is 7. The SMILES string of the molecule is CCS(=O)(=O)c1cc(C(=O)OC)ccc1NS(=O)(=O)c1sc2ccc(Cl)cc2c1C. The fourth-order valence-corrected chi connectivity index (χ4v) is 7.02. The van der Waals surface area contributed by atoms with Crippen LogP contribution in [-0.4, -0.2) is 35.7 Å². The number of ether oxygens (including phenoxy) is 1. The number of sulfonamides is 1. The minimum atomic E-state index is -4.10. The maximum atomic E-state index is 13.1. The Labute approximate surface area is 183 Å². The maximum absolute atomic E-state index is 13.1. The number of anilines is 1. The van der Waals surface area contributed by atoms with Gasteiger partial charge in [-0.3, -0.25) is 4.72 Å². The molecule has 0 saturated carbocycles. The van der Waals surface area contributed by atoms with Gasteiger partial charge in [0.15, 0.2) is 9.84 Å². The number of sulfone groups is 1. The fourth-order valence-electron chi connectivity index (χ4n) is 2.88. The van der Waals surface area contributed by atoms with Gasteiger partial charge in [-0.1, -0.05) is 18.5 Å². The first-order valence-electron chi connectivity index (χ1n) is 8.66. The van der Waals surface area contributed by atoms with Gasteiger partial charge in [0.1, 0.15) is 4.21 Å². The summed E-state index contributed by atoms with van der Waals surface area (Å²) in [5.41, 5.74) is 0.371. The first kappa shape index (κ1) is 22.5. The highest BCUT2D eigenvalue weighted by molar-refractivity contribution is 7.95. The molecule has 3 aromatic rings. The average molecular weight is 488 g/mol. The zero-order valence-corrected chi connectivity index (χ0v) is 19.4. The van der Waals surface area contributed by atoms with Gasteiger partial charge in [-0.2, -0.15) is 0 Å². The standard InChI is InChI=1S/C19H18ClNO6S3/c1-4-29(23,24)17-9-12(18(22)27-3)5-7-15(17)21-30(25,26)19-11(2)14-10-13(20)6-8-16(14)28-19/h5-10,21H,4H2,1-3H3. The van der Waals surface area contributed by atoms with Gasteiger partial charge >= 0.3 is 5.97 Å². The number of fused-ring (bicyclic) bond motifs is 1. The summed E-state index contributed by atoms with van der Waals surface area (Å²) in [5.74, 6) is -0.999. The molecule has 11 heteroatoms. The van der Waals surface area contributed by atoms with Crippen molar-refractivity contribution in [2.45, 2.75) is 23.0 Å². The maximum Gasteiger partial charge on any atom is 0.337 e. The Kier molecular flexibility index (Phi) is 6.15. The van der Waals surface area contributed by atoms with Crippen molar-refractivity contribution in [2.24, 2.45) is 0 Å². The molecule has 0 spiro atoms. The number of rotatable bonds is 6. The van der Waals surface area contributed by atoms with E-state index in [0.29, 0.717) is 16.0 Å². The van der Waals surface area contributed by atoms with Crippen LogP contribution < -0.4 is 4.72 Å². The summed E-state index contributed by atoms with van der Waals surface area (Å²) >= 11 is 7.08. The number of nitrogens with one attached hydrogen (secondary N) is 1. The molecule has 0 fully saturated rings. The third-order valence-corrected chi connectivity index (χ3v) is 9.72. The Morgan fingerprint density at radius 1 is 1.13 bits per heavy atom. The summed E-state index contributed by atoms with van der Waals surface area (Å²) in [6.45, 7) is 3.09. The van der Waals surface area contributed by atoms with E-state index in [2.05, 4.69) is 9.46 Å². The van der Waals surface area contributed by atoms with Crippen molar-refractivity contribution in [3.63, 3.8) is 0 Å². The van der Waals surface area contributed by atoms with Crippen LogP contribution in [0.2, 0.25) is 5.02 Å². The second kappa shape index (κ2) is 8.18. The van der Waals surface area contributed by atoms with Crippen LogP contribution >= 0.6 is 22.9 Å². The minimum absolute atomic E-state index is 0.000146. The quantitative estimate of drug-likeness (QED) is 0.521. The van der Waals surface area contributed by atoms with Gasteiger partial charge in [-0.15, -0.1) is 11.3 Å². The van der Waals surface area contributed by atoms with Crippen LogP contribution in [-0.2, 0) is 24.6 Å². The van der Waals surface area contributed by atoms with Gasteiger partial charge in [0.2, 0.25) is 0 Å². The summed E-state index contributed by atoms with van der Waals surface area (Å²) in [4.78, 5) is 11.5. The van der Waals surface area contributed by atoms with Gasteiger partial charge in [0, 0.05) is 9.72 Å². The Bertz CT molecular complexity index is 1360. The Hall–Kier alpha value is -2.14. The lowest BCUT2D eigenvalue weighted by atomic mass is 10.2. The number of halogens is 1. The van der Waals surface area contributed by atoms with E-state index < -0.39 is 25.8 Å². The number of benzene rings is 2. The van der Waals surface area contributed by atoms with E-state index in [1.165, 1.54) is 26.2 Å². The molecule has 0 aliphatic carbocycles. The predicted molar refractivity (Wildman–Crippen MR) is 118 cm³/mol. The molecule has 0 saturated heterocycles. The Balaban J connectivity index is 2.13. The monoisotopic (exact) mass is 487 g/mol. The van der Waals surface area contributed by atoms with Crippen LogP contribution in [0.4, 0.5) is 5.69 Å². The highest BCUT2D eigenvalue weighted by atomic mass is 35.5. The molecular formula is C19H18ClNO6S3. The number of hydrogen-bond donors (Lipinski definition) is 1. The highest BCUT2D eigenvalue weighted by Crippen LogP contribution is 2.37. The lowest BCUT2D eigenvalue weighted by molar-refractivity contribution is 0.0600. The topological polar surface area (TPSA) is 107 Å². The van der Waals surface area contributed by atoms with Crippen LogP contribution in [0.5, 0.6) is 0 Å². The molecule has 1 heterocycles. The summed E-state index contributed by atoms with van der Waals surface area (Å²) in [7, 11) is -6.77. The number of aryl methyl sites for hydroxylation is 1. The molecule has 3 rings (SSSR count). The lowest BCUT2D eigenvalue weighted by Crippen LogP contribution is -2.17. The van der Waals surface area contributed by atoms with E-state index in [-0.39, 0.29) is 26.1 Å².